The number of aromatic nitrogens is 2. The van der Waals surface area contributed by atoms with Crippen molar-refractivity contribution in [3.05, 3.63) is 39.9 Å². The highest BCUT2D eigenvalue weighted by Crippen LogP contribution is 2.19. The molecule has 0 saturated carbocycles. The number of ether oxygens (including phenoxy) is 1. The first kappa shape index (κ1) is 15.8. The van der Waals surface area contributed by atoms with Gasteiger partial charge in [0.15, 0.2) is 0 Å². The van der Waals surface area contributed by atoms with E-state index < -0.39 is 0 Å². The van der Waals surface area contributed by atoms with Crippen LogP contribution in [0.2, 0.25) is 0 Å². The summed E-state index contributed by atoms with van der Waals surface area (Å²) in [6, 6.07) is 8.26. The van der Waals surface area contributed by atoms with Crippen LogP contribution in [0.5, 0.6) is 0 Å². The van der Waals surface area contributed by atoms with Crippen LogP contribution < -0.4 is 0 Å². The second-order valence-electron chi connectivity index (χ2n) is 4.80. The lowest BCUT2D eigenvalue weighted by molar-refractivity contribution is 0.133. The molecule has 0 aliphatic heterocycles. The summed E-state index contributed by atoms with van der Waals surface area (Å²) in [6.07, 6.45) is 2.37. The van der Waals surface area contributed by atoms with Gasteiger partial charge in [0.05, 0.1) is 12.8 Å². The normalized spacial score (nSPS) is 10.5. The van der Waals surface area contributed by atoms with Crippen molar-refractivity contribution in [3.8, 4) is 11.3 Å². The van der Waals surface area contributed by atoms with E-state index in [2.05, 4.69) is 56.6 Å². The van der Waals surface area contributed by atoms with Crippen LogP contribution in [-0.4, -0.2) is 41.2 Å². The SMILES string of the molecule is COC(=O)N(C)CCc1nc(-c2ccc(I)cc2)cn1C. The number of benzene rings is 1. The lowest BCUT2D eigenvalue weighted by Gasteiger charge is -2.14. The van der Waals surface area contributed by atoms with Crippen LogP contribution >= 0.6 is 22.6 Å². The van der Waals surface area contributed by atoms with Crippen LogP contribution in [0.25, 0.3) is 11.3 Å². The first-order valence-corrected chi connectivity index (χ1v) is 7.66. The Morgan fingerprint density at radius 1 is 1.38 bits per heavy atom. The fourth-order valence-electron chi connectivity index (χ4n) is 2.01. The summed E-state index contributed by atoms with van der Waals surface area (Å²) in [5.74, 6) is 0.944. The Morgan fingerprint density at radius 2 is 2.05 bits per heavy atom. The standard InChI is InChI=1S/C15H18IN3O2/c1-18(15(20)21-3)9-8-14-17-13(10-19(14)2)11-4-6-12(16)7-5-11/h4-7,10H,8-9H2,1-3H3. The Bertz CT molecular complexity index is 622. The first-order valence-electron chi connectivity index (χ1n) is 6.58. The number of hydrogen-bond donors (Lipinski definition) is 0. The van der Waals surface area contributed by atoms with Crippen LogP contribution in [-0.2, 0) is 18.2 Å². The minimum atomic E-state index is -0.331. The fraction of sp³-hybridized carbons (Fsp3) is 0.333. The predicted octanol–water partition coefficient (Wildman–Crippen LogP) is 2.93. The third-order valence-corrected chi connectivity index (χ3v) is 3.99. The molecule has 5 nitrogen and oxygen atoms in total. The zero-order valence-electron chi connectivity index (χ0n) is 12.3. The van der Waals surface area contributed by atoms with Gasteiger partial charge in [0.25, 0.3) is 0 Å². The molecule has 0 bridgehead atoms. The van der Waals surface area contributed by atoms with Crippen LogP contribution in [0.1, 0.15) is 5.82 Å². The van der Waals surface area contributed by atoms with Crippen molar-refractivity contribution >= 4 is 28.7 Å². The second-order valence-corrected chi connectivity index (χ2v) is 6.05. The highest BCUT2D eigenvalue weighted by Gasteiger charge is 2.11. The van der Waals surface area contributed by atoms with E-state index in [9.17, 15) is 4.79 Å². The van der Waals surface area contributed by atoms with Crippen molar-refractivity contribution in [2.24, 2.45) is 7.05 Å². The Hall–Kier alpha value is -1.57. The molecule has 0 radical (unpaired) electrons. The predicted molar refractivity (Wildman–Crippen MR) is 90.1 cm³/mol. The van der Waals surface area contributed by atoms with Crippen LogP contribution in [0.3, 0.4) is 0 Å². The average molecular weight is 399 g/mol. The van der Waals surface area contributed by atoms with Gasteiger partial charge in [0.1, 0.15) is 5.82 Å². The summed E-state index contributed by atoms with van der Waals surface area (Å²) in [4.78, 5) is 17.5. The summed E-state index contributed by atoms with van der Waals surface area (Å²) >= 11 is 2.28. The highest BCUT2D eigenvalue weighted by molar-refractivity contribution is 14.1. The van der Waals surface area contributed by atoms with Gasteiger partial charge in [-0.1, -0.05) is 12.1 Å². The molecule has 0 unspecified atom stereocenters. The lowest BCUT2D eigenvalue weighted by atomic mass is 10.2. The summed E-state index contributed by atoms with van der Waals surface area (Å²) < 4.78 is 7.87. The van der Waals surface area contributed by atoms with Gasteiger partial charge in [-0.2, -0.15) is 0 Å². The number of imidazole rings is 1. The molecule has 112 valence electrons. The Morgan fingerprint density at radius 3 is 2.67 bits per heavy atom. The van der Waals surface area contributed by atoms with Gasteiger partial charge in [0.2, 0.25) is 0 Å². The zero-order chi connectivity index (χ0) is 15.4. The van der Waals surface area contributed by atoms with Crippen molar-refractivity contribution in [1.29, 1.82) is 0 Å². The molecule has 0 saturated heterocycles. The molecule has 0 aliphatic carbocycles. The zero-order valence-corrected chi connectivity index (χ0v) is 14.5. The van der Waals surface area contributed by atoms with Crippen LogP contribution in [0, 0.1) is 3.57 Å². The first-order chi connectivity index (χ1) is 10.0. The maximum absolute atomic E-state index is 11.4. The van der Waals surface area contributed by atoms with E-state index in [0.29, 0.717) is 13.0 Å². The molecule has 1 heterocycles. The van der Waals surface area contributed by atoms with E-state index in [1.54, 1.807) is 11.9 Å². The van der Waals surface area contributed by atoms with Gasteiger partial charge in [0, 0.05) is 42.4 Å². The molecule has 0 atom stereocenters. The number of likely N-dealkylation sites (N-methyl/N-ethyl adjacent to an activating group) is 1. The topological polar surface area (TPSA) is 47.4 Å². The molecule has 2 aromatic rings. The van der Waals surface area contributed by atoms with Gasteiger partial charge in [-0.25, -0.2) is 9.78 Å². The molecule has 6 heteroatoms. The smallest absolute Gasteiger partial charge is 0.409 e. The van der Waals surface area contributed by atoms with Crippen molar-refractivity contribution in [1.82, 2.24) is 14.5 Å². The van der Waals surface area contributed by atoms with E-state index in [1.165, 1.54) is 10.7 Å². The fourth-order valence-corrected chi connectivity index (χ4v) is 2.37. The van der Waals surface area contributed by atoms with Crippen molar-refractivity contribution < 1.29 is 9.53 Å². The molecule has 1 amide bonds. The Kier molecular flexibility index (Phi) is 5.22. The molecule has 1 aromatic heterocycles. The highest BCUT2D eigenvalue weighted by atomic mass is 127. The van der Waals surface area contributed by atoms with Gasteiger partial charge >= 0.3 is 6.09 Å². The quantitative estimate of drug-likeness (QED) is 0.743. The summed E-state index contributed by atoms with van der Waals surface area (Å²) in [5, 5.41) is 0. The number of rotatable bonds is 4. The average Bonchev–Trinajstić information content (AvgIpc) is 2.85. The third-order valence-electron chi connectivity index (χ3n) is 3.27. The number of carbonyl (C=O) groups is 1. The lowest BCUT2D eigenvalue weighted by Crippen LogP contribution is -2.29. The maximum atomic E-state index is 11.4. The molecule has 0 fully saturated rings. The molecule has 2 rings (SSSR count). The number of carbonyl (C=O) groups excluding carboxylic acids is 1. The van der Waals surface area contributed by atoms with Gasteiger partial charge in [-0.05, 0) is 34.7 Å². The van der Waals surface area contributed by atoms with Crippen molar-refractivity contribution in [2.45, 2.75) is 6.42 Å². The van der Waals surface area contributed by atoms with Crippen molar-refractivity contribution in [2.75, 3.05) is 20.7 Å². The van der Waals surface area contributed by atoms with E-state index in [4.69, 9.17) is 0 Å². The number of hydrogen-bond acceptors (Lipinski definition) is 3. The summed E-state index contributed by atoms with van der Waals surface area (Å²) in [7, 11) is 5.07. The number of nitrogens with zero attached hydrogens (tertiary/aromatic N) is 3. The largest absolute Gasteiger partial charge is 0.453 e. The molecular formula is C15H18IN3O2. The van der Waals surface area contributed by atoms with E-state index in [0.717, 1.165) is 17.1 Å². The van der Waals surface area contributed by atoms with Gasteiger partial charge in [-0.15, -0.1) is 0 Å². The number of methoxy groups -OCH3 is 1. The molecular weight excluding hydrogens is 381 g/mol. The number of halogens is 1. The van der Waals surface area contributed by atoms with Crippen molar-refractivity contribution in [3.63, 3.8) is 0 Å². The van der Waals surface area contributed by atoms with Gasteiger partial charge in [-0.3, -0.25) is 0 Å². The monoisotopic (exact) mass is 399 g/mol. The Labute approximate surface area is 138 Å². The van der Waals surface area contributed by atoms with E-state index in [-0.39, 0.29) is 6.09 Å². The maximum Gasteiger partial charge on any atom is 0.409 e. The third kappa shape index (κ3) is 3.96. The van der Waals surface area contributed by atoms with E-state index >= 15 is 0 Å². The van der Waals surface area contributed by atoms with Gasteiger partial charge < -0.3 is 14.2 Å². The van der Waals surface area contributed by atoms with Crippen LogP contribution in [0.15, 0.2) is 30.5 Å². The van der Waals surface area contributed by atoms with E-state index in [1.807, 2.05) is 17.8 Å². The molecule has 0 spiro atoms. The minimum Gasteiger partial charge on any atom is -0.453 e. The van der Waals surface area contributed by atoms with Crippen LogP contribution in [0.4, 0.5) is 4.79 Å². The number of amides is 1. The number of aryl methyl sites for hydroxylation is 1. The summed E-state index contributed by atoms with van der Waals surface area (Å²) in [6.45, 7) is 0.573. The molecule has 21 heavy (non-hydrogen) atoms. The summed E-state index contributed by atoms with van der Waals surface area (Å²) in [5.41, 5.74) is 2.04. The minimum absolute atomic E-state index is 0.331. The second kappa shape index (κ2) is 6.93. The molecule has 0 N–H and O–H groups in total. The molecule has 0 aliphatic rings. The molecule has 1 aromatic carbocycles. The Balaban J connectivity index is 2.09.